The van der Waals surface area contributed by atoms with Crippen LogP contribution in [0.2, 0.25) is 0 Å². The number of hydrogen-bond acceptors (Lipinski definition) is 8. The third kappa shape index (κ3) is 5.15. The van der Waals surface area contributed by atoms with Crippen molar-refractivity contribution in [1.29, 1.82) is 0 Å². The van der Waals surface area contributed by atoms with Crippen molar-refractivity contribution in [2.75, 3.05) is 45.9 Å². The highest BCUT2D eigenvalue weighted by Gasteiger charge is 2.35. The summed E-state index contributed by atoms with van der Waals surface area (Å²) in [6.45, 7) is 4.02. The van der Waals surface area contributed by atoms with Gasteiger partial charge in [0.15, 0.2) is 5.76 Å². The smallest absolute Gasteiger partial charge is 0.290 e. The van der Waals surface area contributed by atoms with Crippen molar-refractivity contribution in [2.45, 2.75) is 12.5 Å². The molecule has 0 unspecified atom stereocenters. The van der Waals surface area contributed by atoms with E-state index in [1.807, 2.05) is 35.0 Å². The van der Waals surface area contributed by atoms with Crippen molar-refractivity contribution < 1.29 is 18.7 Å². The van der Waals surface area contributed by atoms with Gasteiger partial charge in [-0.25, -0.2) is 5.01 Å². The van der Waals surface area contributed by atoms with Crippen LogP contribution in [0.4, 0.5) is 0 Å². The summed E-state index contributed by atoms with van der Waals surface area (Å²) in [5.74, 6) is -0.262. The Hall–Kier alpha value is -2.79. The van der Waals surface area contributed by atoms with Crippen molar-refractivity contribution in [1.82, 2.24) is 14.8 Å². The molecule has 1 fully saturated rings. The van der Waals surface area contributed by atoms with E-state index in [1.165, 1.54) is 6.26 Å². The van der Waals surface area contributed by atoms with E-state index in [0.717, 1.165) is 28.6 Å². The summed E-state index contributed by atoms with van der Waals surface area (Å²) in [5.41, 5.74) is 0.902. The van der Waals surface area contributed by atoms with E-state index in [2.05, 4.69) is 4.90 Å². The zero-order valence-corrected chi connectivity index (χ0v) is 20.3. The Labute approximate surface area is 206 Å². The molecule has 5 rings (SSSR count). The van der Waals surface area contributed by atoms with E-state index in [9.17, 15) is 9.59 Å². The van der Waals surface area contributed by atoms with Gasteiger partial charge in [-0.1, -0.05) is 12.1 Å². The highest BCUT2D eigenvalue weighted by molar-refractivity contribution is 7.12. The third-order valence-corrected chi connectivity index (χ3v) is 7.87. The standard InChI is InChI=1S/C24H26N4O4S2/c29-23(28-19(22-6-3-15-34-22)16-18(25-28)21-5-2-14-33-21)17-27(24(30)20-4-1-11-32-20)8-7-26-9-12-31-13-10-26/h1-6,11,14-15,19H,7-10,12-13,16-17H2/t19-/m1/s1. The van der Waals surface area contributed by atoms with Gasteiger partial charge in [0.2, 0.25) is 0 Å². The van der Waals surface area contributed by atoms with Crippen molar-refractivity contribution in [3.8, 4) is 0 Å². The number of thiophene rings is 2. The van der Waals surface area contributed by atoms with Crippen LogP contribution in [-0.2, 0) is 9.53 Å². The molecule has 0 aromatic carbocycles. The number of ether oxygens (including phenoxy) is 1. The number of rotatable bonds is 8. The molecule has 1 atom stereocenters. The summed E-state index contributed by atoms with van der Waals surface area (Å²) >= 11 is 3.23. The number of hydrazone groups is 1. The first-order valence-electron chi connectivity index (χ1n) is 11.3. The van der Waals surface area contributed by atoms with Crippen molar-refractivity contribution in [3.63, 3.8) is 0 Å². The van der Waals surface area contributed by atoms with E-state index in [0.29, 0.717) is 32.7 Å². The van der Waals surface area contributed by atoms with Gasteiger partial charge in [-0.05, 0) is 35.0 Å². The quantitative estimate of drug-likeness (QED) is 0.475. The van der Waals surface area contributed by atoms with Gasteiger partial charge in [0.1, 0.15) is 6.54 Å². The first-order valence-corrected chi connectivity index (χ1v) is 13.0. The summed E-state index contributed by atoms with van der Waals surface area (Å²) in [4.78, 5) is 32.7. The maximum atomic E-state index is 13.6. The molecule has 34 heavy (non-hydrogen) atoms. The molecule has 3 aromatic rings. The fraction of sp³-hybridized carbons (Fsp3) is 0.375. The number of hydrogen-bond donors (Lipinski definition) is 0. The highest BCUT2D eigenvalue weighted by atomic mass is 32.1. The zero-order valence-electron chi connectivity index (χ0n) is 18.7. The van der Waals surface area contributed by atoms with Gasteiger partial charge in [-0.2, -0.15) is 5.10 Å². The van der Waals surface area contributed by atoms with Crippen LogP contribution in [0, 0.1) is 0 Å². The Morgan fingerprint density at radius 3 is 2.62 bits per heavy atom. The first-order chi connectivity index (χ1) is 16.7. The largest absolute Gasteiger partial charge is 0.459 e. The molecular formula is C24H26N4O4S2. The van der Waals surface area contributed by atoms with Crippen LogP contribution in [0.15, 0.2) is 62.9 Å². The number of carbonyl (C=O) groups is 2. The van der Waals surface area contributed by atoms with Gasteiger partial charge in [-0.15, -0.1) is 22.7 Å². The molecule has 1 saturated heterocycles. The second-order valence-electron chi connectivity index (χ2n) is 8.16. The van der Waals surface area contributed by atoms with Gasteiger partial charge in [0.25, 0.3) is 11.8 Å². The van der Waals surface area contributed by atoms with Crippen LogP contribution < -0.4 is 0 Å². The maximum Gasteiger partial charge on any atom is 0.290 e. The lowest BCUT2D eigenvalue weighted by Gasteiger charge is -2.30. The Bertz CT molecular complexity index is 1110. The van der Waals surface area contributed by atoms with E-state index < -0.39 is 0 Å². The molecule has 0 radical (unpaired) electrons. The zero-order chi connectivity index (χ0) is 23.3. The molecule has 178 valence electrons. The van der Waals surface area contributed by atoms with E-state index in [1.54, 1.807) is 44.7 Å². The lowest BCUT2D eigenvalue weighted by molar-refractivity contribution is -0.133. The number of morpholine rings is 1. The van der Waals surface area contributed by atoms with Crippen LogP contribution in [-0.4, -0.2) is 78.3 Å². The Kier molecular flexibility index (Phi) is 7.19. The Balaban J connectivity index is 1.35. The van der Waals surface area contributed by atoms with Gasteiger partial charge in [0.05, 0.1) is 36.1 Å². The summed E-state index contributed by atoms with van der Waals surface area (Å²) in [6.07, 6.45) is 2.13. The fourth-order valence-corrected chi connectivity index (χ4v) is 5.70. The predicted molar refractivity (Wildman–Crippen MR) is 131 cm³/mol. The number of nitrogens with zero attached hydrogens (tertiary/aromatic N) is 4. The maximum absolute atomic E-state index is 13.6. The average molecular weight is 499 g/mol. The second kappa shape index (κ2) is 10.6. The molecule has 10 heteroatoms. The van der Waals surface area contributed by atoms with Crippen LogP contribution >= 0.6 is 22.7 Å². The minimum Gasteiger partial charge on any atom is -0.459 e. The van der Waals surface area contributed by atoms with Gasteiger partial charge in [-0.3, -0.25) is 14.5 Å². The minimum atomic E-state index is -0.291. The normalized spacial score (nSPS) is 18.8. The summed E-state index contributed by atoms with van der Waals surface area (Å²) in [5, 5.41) is 10.3. The van der Waals surface area contributed by atoms with Crippen LogP contribution in [0.1, 0.15) is 32.8 Å². The lowest BCUT2D eigenvalue weighted by Crippen LogP contribution is -2.46. The second-order valence-corrected chi connectivity index (χ2v) is 10.1. The van der Waals surface area contributed by atoms with Crippen LogP contribution in [0.25, 0.3) is 0 Å². The molecule has 0 aliphatic carbocycles. The lowest BCUT2D eigenvalue weighted by atomic mass is 10.1. The Morgan fingerprint density at radius 2 is 1.91 bits per heavy atom. The summed E-state index contributed by atoms with van der Waals surface area (Å²) in [7, 11) is 0. The van der Waals surface area contributed by atoms with Gasteiger partial charge >= 0.3 is 0 Å². The molecule has 2 amide bonds. The van der Waals surface area contributed by atoms with Crippen molar-refractivity contribution in [2.24, 2.45) is 5.10 Å². The molecule has 0 spiro atoms. The Morgan fingerprint density at radius 1 is 1.09 bits per heavy atom. The van der Waals surface area contributed by atoms with E-state index in [-0.39, 0.29) is 30.2 Å². The molecule has 0 saturated carbocycles. The molecule has 0 bridgehead atoms. The molecule has 3 aromatic heterocycles. The van der Waals surface area contributed by atoms with E-state index in [4.69, 9.17) is 14.3 Å². The SMILES string of the molecule is O=C(c1ccco1)N(CCN1CCOCC1)CC(=O)N1N=C(c2cccs2)C[C@@H]1c1cccs1. The van der Waals surface area contributed by atoms with Crippen molar-refractivity contribution >= 4 is 40.2 Å². The summed E-state index contributed by atoms with van der Waals surface area (Å²) in [6, 6.07) is 11.2. The molecule has 8 nitrogen and oxygen atoms in total. The number of furan rings is 1. The first kappa shape index (κ1) is 23.0. The monoisotopic (exact) mass is 498 g/mol. The predicted octanol–water partition coefficient (Wildman–Crippen LogP) is 3.55. The molecule has 2 aliphatic heterocycles. The summed E-state index contributed by atoms with van der Waals surface area (Å²) < 4.78 is 10.8. The number of amides is 2. The van der Waals surface area contributed by atoms with Crippen LogP contribution in [0.5, 0.6) is 0 Å². The molecule has 2 aliphatic rings. The van der Waals surface area contributed by atoms with Gasteiger partial charge < -0.3 is 14.1 Å². The van der Waals surface area contributed by atoms with Crippen molar-refractivity contribution in [3.05, 3.63) is 68.9 Å². The molecular weight excluding hydrogens is 472 g/mol. The van der Waals surface area contributed by atoms with E-state index >= 15 is 0 Å². The van der Waals surface area contributed by atoms with Gasteiger partial charge in [0, 0.05) is 37.5 Å². The minimum absolute atomic E-state index is 0.0625. The topological polar surface area (TPSA) is 78.6 Å². The molecule has 0 N–H and O–H groups in total. The van der Waals surface area contributed by atoms with Crippen LogP contribution in [0.3, 0.4) is 0 Å². The number of carbonyl (C=O) groups excluding carboxylic acids is 2. The average Bonchev–Trinajstić information content (AvgIpc) is 3.67. The highest BCUT2D eigenvalue weighted by Crippen LogP contribution is 2.36. The third-order valence-electron chi connectivity index (χ3n) is 5.98. The molecule has 5 heterocycles. The fourth-order valence-electron chi connectivity index (χ4n) is 4.17.